The molecule has 0 aromatic carbocycles. The fraction of sp³-hybridized carbons (Fsp3) is 0.905. The van der Waals surface area contributed by atoms with Gasteiger partial charge in [-0.3, -0.25) is 0 Å². The van der Waals surface area contributed by atoms with Gasteiger partial charge < -0.3 is 35.0 Å². The number of hydrogen-bond acceptors (Lipinski definition) is 7. The zero-order valence-corrected chi connectivity index (χ0v) is 31.9. The second kappa shape index (κ2) is 11.4. The van der Waals surface area contributed by atoms with E-state index < -0.39 is 47.1 Å². The van der Waals surface area contributed by atoms with Crippen molar-refractivity contribution >= 4 is 0 Å². The van der Waals surface area contributed by atoms with Gasteiger partial charge in [-0.05, 0) is 105 Å². The Labute approximate surface area is 295 Å². The van der Waals surface area contributed by atoms with Crippen LogP contribution in [0.1, 0.15) is 127 Å². The first kappa shape index (κ1) is 36.6. The van der Waals surface area contributed by atoms with Gasteiger partial charge in [0.05, 0.1) is 48.1 Å². The number of hydrogen-bond donors (Lipinski definition) is 5. The van der Waals surface area contributed by atoms with Crippen molar-refractivity contribution in [2.45, 2.75) is 174 Å². The van der Waals surface area contributed by atoms with Crippen molar-refractivity contribution in [3.8, 4) is 0 Å². The van der Waals surface area contributed by atoms with E-state index in [2.05, 4.69) is 66.7 Å². The van der Waals surface area contributed by atoms with Crippen LogP contribution >= 0.6 is 0 Å². The lowest BCUT2D eigenvalue weighted by molar-refractivity contribution is -0.205. The minimum Gasteiger partial charge on any atom is -0.394 e. The van der Waals surface area contributed by atoms with Gasteiger partial charge in [0.15, 0.2) is 0 Å². The summed E-state index contributed by atoms with van der Waals surface area (Å²) in [6, 6.07) is 0. The first-order valence-corrected chi connectivity index (χ1v) is 19.8. The largest absolute Gasteiger partial charge is 0.394 e. The van der Waals surface area contributed by atoms with Crippen LogP contribution in [-0.4, -0.2) is 79.5 Å². The molecule has 278 valence electrons. The molecule has 7 aliphatic rings. The van der Waals surface area contributed by atoms with Crippen molar-refractivity contribution in [3.63, 3.8) is 0 Å². The summed E-state index contributed by atoms with van der Waals surface area (Å²) in [5.74, 6) is 0.958. The van der Waals surface area contributed by atoms with Gasteiger partial charge in [-0.2, -0.15) is 0 Å². The molecule has 0 spiro atoms. The third-order valence-electron chi connectivity index (χ3n) is 17.2. The Morgan fingerprint density at radius 2 is 1.61 bits per heavy atom. The highest BCUT2D eigenvalue weighted by Gasteiger charge is 2.77. The average molecular weight is 685 g/mol. The first-order chi connectivity index (χ1) is 22.6. The van der Waals surface area contributed by atoms with Crippen molar-refractivity contribution in [2.75, 3.05) is 6.61 Å². The molecular weight excluding hydrogens is 616 g/mol. The van der Waals surface area contributed by atoms with E-state index in [9.17, 15) is 25.5 Å². The van der Waals surface area contributed by atoms with Crippen LogP contribution < -0.4 is 0 Å². The lowest BCUT2D eigenvalue weighted by atomic mass is 9.40. The van der Waals surface area contributed by atoms with Crippen LogP contribution in [0.3, 0.4) is 0 Å². The van der Waals surface area contributed by atoms with Crippen molar-refractivity contribution in [2.24, 2.45) is 56.7 Å². The minimum atomic E-state index is -1.56. The van der Waals surface area contributed by atoms with Crippen LogP contribution in [0.15, 0.2) is 24.3 Å². The molecule has 7 heteroatoms. The zero-order valence-electron chi connectivity index (χ0n) is 31.9. The molecule has 49 heavy (non-hydrogen) atoms. The summed E-state index contributed by atoms with van der Waals surface area (Å²) >= 11 is 0. The van der Waals surface area contributed by atoms with E-state index in [0.29, 0.717) is 24.2 Å². The second-order valence-electron chi connectivity index (χ2n) is 20.5. The van der Waals surface area contributed by atoms with Gasteiger partial charge in [-0.1, -0.05) is 85.6 Å². The fourth-order valence-corrected chi connectivity index (χ4v) is 14.0. The minimum absolute atomic E-state index is 0.0122. The molecule has 6 unspecified atom stereocenters. The van der Waals surface area contributed by atoms with Gasteiger partial charge in [0.1, 0.15) is 11.7 Å². The standard InChI is InChI=1S/C42H68O7/c1-35(2,17-12-18-36(3,4)46)29-16-20-40(9)38(29,7)19-11-10-13-27-31-26-15-14-25(37(5,6)41(26,49-27)22-21-39(31,40)8)23-28-33(44)32-34(45)42(32,47)30(24-43)48-28/h12,18,21-22,25-34,43-47H,10-11,13-17,19-20,23-24H2,1-9H3/b18-12+/t25-,26+,27?,28+,29-,30?,31+,32?,33?,34?,38-,39-,40-,41?,42-/m1/s1. The van der Waals surface area contributed by atoms with Crippen LogP contribution in [0.25, 0.3) is 0 Å². The predicted molar refractivity (Wildman–Crippen MR) is 190 cm³/mol. The van der Waals surface area contributed by atoms with Crippen molar-refractivity contribution < 1.29 is 35.0 Å². The van der Waals surface area contributed by atoms with Gasteiger partial charge in [0.25, 0.3) is 0 Å². The van der Waals surface area contributed by atoms with Crippen LogP contribution in [0.5, 0.6) is 0 Å². The second-order valence-corrected chi connectivity index (χ2v) is 20.5. The highest BCUT2D eigenvalue weighted by Crippen LogP contribution is 2.77. The molecule has 2 saturated heterocycles. The van der Waals surface area contributed by atoms with Gasteiger partial charge in [0, 0.05) is 11.3 Å². The summed E-state index contributed by atoms with van der Waals surface area (Å²) in [4.78, 5) is 0. The lowest BCUT2D eigenvalue weighted by Crippen LogP contribution is -2.62. The van der Waals surface area contributed by atoms with Crippen molar-refractivity contribution in [1.29, 1.82) is 0 Å². The average Bonchev–Trinajstić information content (AvgIpc) is 3.28. The topological polar surface area (TPSA) is 120 Å². The van der Waals surface area contributed by atoms with Crippen LogP contribution in [0, 0.1) is 56.7 Å². The van der Waals surface area contributed by atoms with E-state index in [0.717, 1.165) is 25.7 Å². The summed E-state index contributed by atoms with van der Waals surface area (Å²) in [6.07, 6.45) is 16.9. The molecule has 0 amide bonds. The molecule has 0 aromatic heterocycles. The van der Waals surface area contributed by atoms with Gasteiger partial charge in [-0.15, -0.1) is 0 Å². The van der Waals surface area contributed by atoms with Gasteiger partial charge >= 0.3 is 0 Å². The van der Waals surface area contributed by atoms with Crippen LogP contribution in [-0.2, 0) is 9.47 Å². The van der Waals surface area contributed by atoms with Crippen molar-refractivity contribution in [1.82, 2.24) is 0 Å². The molecule has 6 fully saturated rings. The molecule has 15 atom stereocenters. The van der Waals surface area contributed by atoms with E-state index in [4.69, 9.17) is 9.47 Å². The zero-order chi connectivity index (χ0) is 35.8. The molecule has 2 bridgehead atoms. The van der Waals surface area contributed by atoms with Gasteiger partial charge in [-0.25, -0.2) is 0 Å². The number of aliphatic hydroxyl groups excluding tert-OH is 3. The summed E-state index contributed by atoms with van der Waals surface area (Å²) in [7, 11) is 0. The molecule has 0 aromatic rings. The van der Waals surface area contributed by atoms with E-state index >= 15 is 0 Å². The molecule has 0 radical (unpaired) electrons. The third-order valence-corrected chi connectivity index (χ3v) is 17.2. The molecule has 2 heterocycles. The van der Waals surface area contributed by atoms with Crippen LogP contribution in [0.4, 0.5) is 0 Å². The number of allylic oxidation sites excluding steroid dienone is 2. The Balaban J connectivity index is 1.20. The monoisotopic (exact) mass is 684 g/mol. The SMILES string of the molecule is CC(C)(O)/C=C/CC(C)(C)[C@H]1CC[C@@]2(C)[C@]3(C)C=CC45OC(CCCC[C@]12C)[C@@H]3[C@@H]4CC[C@H](C[C@@H]1OC(CO)[C@]2(O)C(O)C2C1O)C5(C)C. The highest BCUT2D eigenvalue weighted by molar-refractivity contribution is 5.34. The third kappa shape index (κ3) is 4.84. The number of fused-ring (bicyclic) bond motifs is 3. The Morgan fingerprint density at radius 3 is 2.29 bits per heavy atom. The molecule has 7 nitrogen and oxygen atoms in total. The summed E-state index contributed by atoms with van der Waals surface area (Å²) in [5.41, 5.74) is -2.61. The van der Waals surface area contributed by atoms with Crippen molar-refractivity contribution in [3.05, 3.63) is 24.3 Å². The lowest BCUT2D eigenvalue weighted by Gasteiger charge is -2.63. The normalized spacial score (nSPS) is 53.3. The van der Waals surface area contributed by atoms with E-state index in [1.807, 2.05) is 19.9 Å². The predicted octanol–water partition coefficient (Wildman–Crippen LogP) is 6.34. The molecular formula is C42H68O7. The molecule has 7 rings (SSSR count). The summed E-state index contributed by atoms with van der Waals surface area (Å²) < 4.78 is 13.7. The number of aliphatic hydroxyl groups is 5. The van der Waals surface area contributed by atoms with E-state index in [-0.39, 0.29) is 45.7 Å². The maximum absolute atomic E-state index is 11.3. The molecule has 5 aliphatic carbocycles. The molecule has 5 N–H and O–H groups in total. The smallest absolute Gasteiger partial charge is 0.127 e. The van der Waals surface area contributed by atoms with E-state index in [1.165, 1.54) is 32.1 Å². The Bertz CT molecular complexity index is 1340. The van der Waals surface area contributed by atoms with Crippen LogP contribution in [0.2, 0.25) is 0 Å². The molecule has 2 aliphatic heterocycles. The van der Waals surface area contributed by atoms with Gasteiger partial charge in [0.2, 0.25) is 0 Å². The Hall–Kier alpha value is -0.800. The van der Waals surface area contributed by atoms with E-state index in [1.54, 1.807) is 0 Å². The Kier molecular flexibility index (Phi) is 8.47. The maximum Gasteiger partial charge on any atom is 0.127 e. The quantitative estimate of drug-likeness (QED) is 0.199. The Morgan fingerprint density at radius 1 is 0.898 bits per heavy atom. The first-order valence-electron chi connectivity index (χ1n) is 19.8. The molecule has 4 saturated carbocycles. The number of rotatable bonds is 7. The number of ether oxygens (including phenoxy) is 2. The highest BCUT2D eigenvalue weighted by atomic mass is 16.5. The maximum atomic E-state index is 11.3. The fourth-order valence-electron chi connectivity index (χ4n) is 14.0. The summed E-state index contributed by atoms with van der Waals surface area (Å²) in [5, 5.41) is 53.0. The summed E-state index contributed by atoms with van der Waals surface area (Å²) in [6.45, 7) is 20.8.